The third-order valence-electron chi connectivity index (χ3n) is 6.68. The number of halogens is 1. The number of rotatable bonds is 6. The highest BCUT2D eigenvalue weighted by atomic mass is 32.2. The van der Waals surface area contributed by atoms with Gasteiger partial charge in [-0.3, -0.25) is 4.79 Å². The monoisotopic (exact) mass is 473 g/mol. The second-order valence-electron chi connectivity index (χ2n) is 9.03. The number of nitrogens with one attached hydrogen (secondary N) is 1. The topological polar surface area (TPSA) is 69.7 Å². The summed E-state index contributed by atoms with van der Waals surface area (Å²) in [6.45, 7) is 4.61. The van der Waals surface area contributed by atoms with E-state index in [1.54, 1.807) is 0 Å². The minimum absolute atomic E-state index is 0.0483. The lowest BCUT2D eigenvalue weighted by molar-refractivity contribution is -0.126. The van der Waals surface area contributed by atoms with Crippen molar-refractivity contribution in [2.24, 2.45) is 5.92 Å². The maximum atomic E-state index is 13.2. The summed E-state index contributed by atoms with van der Waals surface area (Å²) in [5.41, 5.74) is 2.24. The Hall–Kier alpha value is -2.45. The molecule has 4 rings (SSSR count). The smallest absolute Gasteiger partial charge is 0.243 e. The maximum absolute atomic E-state index is 13.2. The van der Waals surface area contributed by atoms with Gasteiger partial charge in [-0.1, -0.05) is 12.1 Å². The van der Waals surface area contributed by atoms with Gasteiger partial charge >= 0.3 is 0 Å². The average Bonchev–Trinajstić information content (AvgIpc) is 2.85. The summed E-state index contributed by atoms with van der Waals surface area (Å²) in [5, 5.41) is 3.06. The Morgan fingerprint density at radius 1 is 0.970 bits per heavy atom. The van der Waals surface area contributed by atoms with Crippen LogP contribution in [0.15, 0.2) is 53.4 Å². The van der Waals surface area contributed by atoms with Crippen LogP contribution in [0.2, 0.25) is 0 Å². The third-order valence-corrected chi connectivity index (χ3v) is 8.56. The molecule has 0 saturated carbocycles. The largest absolute Gasteiger partial charge is 0.372 e. The molecular weight excluding hydrogens is 441 g/mol. The first-order valence-corrected chi connectivity index (χ1v) is 13.2. The summed E-state index contributed by atoms with van der Waals surface area (Å²) < 4.78 is 40.4. The molecule has 2 aliphatic heterocycles. The predicted octanol–water partition coefficient (Wildman–Crippen LogP) is 4.09. The first kappa shape index (κ1) is 23.7. The Bertz CT molecular complexity index is 1050. The second kappa shape index (κ2) is 10.2. The second-order valence-corrected chi connectivity index (χ2v) is 11.0. The van der Waals surface area contributed by atoms with E-state index < -0.39 is 21.8 Å². The molecule has 0 aromatic heterocycles. The van der Waals surface area contributed by atoms with Crippen LogP contribution in [0.25, 0.3) is 0 Å². The molecule has 2 heterocycles. The normalized spacial score (nSPS) is 20.9. The number of anilines is 1. The van der Waals surface area contributed by atoms with Gasteiger partial charge in [0, 0.05) is 31.9 Å². The summed E-state index contributed by atoms with van der Waals surface area (Å²) in [4.78, 5) is 15.4. The predicted molar refractivity (Wildman–Crippen MR) is 127 cm³/mol. The highest BCUT2D eigenvalue weighted by Crippen LogP contribution is 2.26. The number of carbonyl (C=O) groups excluding carboxylic acids is 1. The van der Waals surface area contributed by atoms with E-state index in [0.29, 0.717) is 19.4 Å². The minimum atomic E-state index is -3.76. The molecule has 8 heteroatoms. The zero-order valence-electron chi connectivity index (χ0n) is 19.0. The molecule has 2 atom stereocenters. The van der Waals surface area contributed by atoms with Gasteiger partial charge in [0.15, 0.2) is 0 Å². The standard InChI is InChI=1S/C25H32FN3O3S/c1-19(20-7-11-23(12-8-20)28-15-3-2-4-16-28)27-25(30)21-6-5-17-29(18-21)33(31,32)24-13-9-22(26)10-14-24/h7-14,19,21H,2-6,15-18H2,1H3,(H,27,30)/t19-,21+/m1/s1. The number of amides is 1. The van der Waals surface area contributed by atoms with E-state index in [2.05, 4.69) is 34.5 Å². The first-order valence-electron chi connectivity index (χ1n) is 11.8. The summed E-state index contributed by atoms with van der Waals surface area (Å²) >= 11 is 0. The van der Waals surface area contributed by atoms with Crippen LogP contribution >= 0.6 is 0 Å². The Balaban J connectivity index is 1.37. The highest BCUT2D eigenvalue weighted by molar-refractivity contribution is 7.89. The number of hydrogen-bond donors (Lipinski definition) is 1. The summed E-state index contributed by atoms with van der Waals surface area (Å²) in [6, 6.07) is 13.0. The lowest BCUT2D eigenvalue weighted by atomic mass is 9.97. The Morgan fingerprint density at radius 3 is 2.30 bits per heavy atom. The molecule has 33 heavy (non-hydrogen) atoms. The van der Waals surface area contributed by atoms with E-state index in [1.807, 2.05) is 6.92 Å². The van der Waals surface area contributed by atoms with Crippen molar-refractivity contribution >= 4 is 21.6 Å². The van der Waals surface area contributed by atoms with E-state index in [9.17, 15) is 17.6 Å². The van der Waals surface area contributed by atoms with Crippen LogP contribution in [0, 0.1) is 11.7 Å². The van der Waals surface area contributed by atoms with Crippen molar-refractivity contribution in [3.05, 3.63) is 59.9 Å². The molecule has 2 saturated heterocycles. The van der Waals surface area contributed by atoms with Crippen LogP contribution in [0.5, 0.6) is 0 Å². The highest BCUT2D eigenvalue weighted by Gasteiger charge is 2.33. The zero-order chi connectivity index (χ0) is 23.4. The molecule has 1 N–H and O–H groups in total. The number of sulfonamides is 1. The zero-order valence-corrected chi connectivity index (χ0v) is 19.9. The molecule has 0 aliphatic carbocycles. The van der Waals surface area contributed by atoms with Gasteiger partial charge in [0.2, 0.25) is 15.9 Å². The average molecular weight is 474 g/mol. The fourth-order valence-electron chi connectivity index (χ4n) is 4.67. The fourth-order valence-corrected chi connectivity index (χ4v) is 6.19. The van der Waals surface area contributed by atoms with Gasteiger partial charge in [-0.05, 0) is 81.0 Å². The molecule has 0 spiro atoms. The van der Waals surface area contributed by atoms with Crippen molar-refractivity contribution in [2.45, 2.75) is 50.0 Å². The maximum Gasteiger partial charge on any atom is 0.243 e. The third kappa shape index (κ3) is 5.55. The van der Waals surface area contributed by atoms with E-state index >= 15 is 0 Å². The SMILES string of the molecule is C[C@@H](NC(=O)[C@H]1CCCN(S(=O)(=O)c2ccc(F)cc2)C1)c1ccc(N2CCCCC2)cc1. The van der Waals surface area contributed by atoms with Crippen LogP contribution in [-0.4, -0.2) is 44.8 Å². The Morgan fingerprint density at radius 2 is 1.64 bits per heavy atom. The van der Waals surface area contributed by atoms with Crippen LogP contribution in [0.3, 0.4) is 0 Å². The van der Waals surface area contributed by atoms with Crippen molar-refractivity contribution in [1.82, 2.24) is 9.62 Å². The van der Waals surface area contributed by atoms with Crippen molar-refractivity contribution in [3.8, 4) is 0 Å². The van der Waals surface area contributed by atoms with Gasteiger partial charge in [0.05, 0.1) is 16.9 Å². The van der Waals surface area contributed by atoms with Crippen molar-refractivity contribution in [3.63, 3.8) is 0 Å². The number of benzene rings is 2. The molecule has 2 aromatic carbocycles. The van der Waals surface area contributed by atoms with E-state index in [4.69, 9.17) is 0 Å². The van der Waals surface area contributed by atoms with Gasteiger partial charge in [-0.15, -0.1) is 0 Å². The Labute approximate surface area is 195 Å². The number of piperidine rings is 2. The molecule has 1 amide bonds. The van der Waals surface area contributed by atoms with Gasteiger partial charge in [0.25, 0.3) is 0 Å². The van der Waals surface area contributed by atoms with E-state index in [-0.39, 0.29) is 23.4 Å². The molecule has 0 unspecified atom stereocenters. The molecule has 2 aromatic rings. The molecule has 0 radical (unpaired) electrons. The first-order chi connectivity index (χ1) is 15.8. The number of carbonyl (C=O) groups is 1. The molecule has 2 fully saturated rings. The van der Waals surface area contributed by atoms with Crippen molar-refractivity contribution in [2.75, 3.05) is 31.1 Å². The van der Waals surface area contributed by atoms with E-state index in [1.165, 1.54) is 41.4 Å². The van der Waals surface area contributed by atoms with Gasteiger partial charge in [-0.25, -0.2) is 12.8 Å². The van der Waals surface area contributed by atoms with Gasteiger partial charge < -0.3 is 10.2 Å². The summed E-state index contributed by atoms with van der Waals surface area (Å²) in [5.74, 6) is -1.03. The van der Waals surface area contributed by atoms with Crippen LogP contribution < -0.4 is 10.2 Å². The molecule has 6 nitrogen and oxygen atoms in total. The number of nitrogens with zero attached hydrogens (tertiary/aromatic N) is 2. The van der Waals surface area contributed by atoms with Gasteiger partial charge in [-0.2, -0.15) is 4.31 Å². The summed E-state index contributed by atoms with van der Waals surface area (Å²) in [7, 11) is -3.76. The minimum Gasteiger partial charge on any atom is -0.372 e. The fraction of sp³-hybridized carbons (Fsp3) is 0.480. The van der Waals surface area contributed by atoms with Crippen LogP contribution in [0.1, 0.15) is 50.6 Å². The van der Waals surface area contributed by atoms with Gasteiger partial charge in [0.1, 0.15) is 5.82 Å². The van der Waals surface area contributed by atoms with Crippen LogP contribution in [0.4, 0.5) is 10.1 Å². The molecule has 0 bridgehead atoms. The van der Waals surface area contributed by atoms with Crippen molar-refractivity contribution < 1.29 is 17.6 Å². The van der Waals surface area contributed by atoms with E-state index in [0.717, 1.165) is 30.8 Å². The lowest BCUT2D eigenvalue weighted by Crippen LogP contribution is -2.45. The molecule has 178 valence electrons. The Kier molecular flexibility index (Phi) is 7.34. The molecule has 2 aliphatic rings. The quantitative estimate of drug-likeness (QED) is 0.686. The van der Waals surface area contributed by atoms with Crippen molar-refractivity contribution in [1.29, 1.82) is 0 Å². The number of hydrogen-bond acceptors (Lipinski definition) is 4. The summed E-state index contributed by atoms with van der Waals surface area (Å²) in [6.07, 6.45) is 4.99. The lowest BCUT2D eigenvalue weighted by Gasteiger charge is -2.32. The molecular formula is C25H32FN3O3S. The van der Waals surface area contributed by atoms with Crippen LogP contribution in [-0.2, 0) is 14.8 Å².